The zero-order valence-corrected chi connectivity index (χ0v) is 14.9. The summed E-state index contributed by atoms with van der Waals surface area (Å²) < 4.78 is 45.7. The van der Waals surface area contributed by atoms with Gasteiger partial charge in [0, 0.05) is 13.2 Å². The van der Waals surface area contributed by atoms with Gasteiger partial charge in [0.25, 0.3) is 11.5 Å². The topological polar surface area (TPSA) is 93.3 Å². The molecular formula is C18H18F3N3O4. The zero-order valence-electron chi connectivity index (χ0n) is 14.9. The van der Waals surface area contributed by atoms with Gasteiger partial charge >= 0.3 is 6.36 Å². The van der Waals surface area contributed by atoms with Crippen LogP contribution in [0.15, 0.2) is 35.1 Å². The highest BCUT2D eigenvalue weighted by atomic mass is 19.4. The van der Waals surface area contributed by atoms with Crippen molar-refractivity contribution in [2.45, 2.75) is 31.9 Å². The molecule has 3 rings (SSSR count). The van der Waals surface area contributed by atoms with Crippen LogP contribution < -0.4 is 15.6 Å². The van der Waals surface area contributed by atoms with Gasteiger partial charge in [-0.25, -0.2) is 4.98 Å². The molecule has 0 aliphatic heterocycles. The summed E-state index contributed by atoms with van der Waals surface area (Å²) in [5.74, 6) is -0.496. The average molecular weight is 397 g/mol. The largest absolute Gasteiger partial charge is 0.573 e. The van der Waals surface area contributed by atoms with Crippen LogP contribution in [-0.4, -0.2) is 29.3 Å². The Kier molecular flexibility index (Phi) is 5.68. The molecule has 1 fully saturated rings. The smallest absolute Gasteiger partial charge is 0.406 e. The molecule has 1 aliphatic rings. The van der Waals surface area contributed by atoms with Crippen molar-refractivity contribution in [1.29, 1.82) is 0 Å². The second-order valence-electron chi connectivity index (χ2n) is 6.42. The number of hydrogen-bond acceptors (Lipinski definition) is 5. The van der Waals surface area contributed by atoms with Gasteiger partial charge in [0.15, 0.2) is 0 Å². The van der Waals surface area contributed by atoms with Gasteiger partial charge in [0.1, 0.15) is 23.9 Å². The van der Waals surface area contributed by atoms with Crippen molar-refractivity contribution in [3.05, 3.63) is 57.8 Å². The highest BCUT2D eigenvalue weighted by Gasteiger charge is 2.35. The predicted molar refractivity (Wildman–Crippen MR) is 91.6 cm³/mol. The van der Waals surface area contributed by atoms with E-state index in [0.717, 1.165) is 18.9 Å². The third-order valence-electron chi connectivity index (χ3n) is 4.16. The minimum atomic E-state index is -4.77. The molecule has 1 heterocycles. The summed E-state index contributed by atoms with van der Waals surface area (Å²) in [5, 5.41) is 2.82. The van der Waals surface area contributed by atoms with Crippen LogP contribution in [0.25, 0.3) is 0 Å². The number of H-pyrrole nitrogens is 1. The molecule has 1 aromatic carbocycles. The molecule has 0 spiro atoms. The Hall–Kier alpha value is -2.88. The Labute approximate surface area is 157 Å². The monoisotopic (exact) mass is 397 g/mol. The molecule has 2 N–H and O–H groups in total. The lowest BCUT2D eigenvalue weighted by Gasteiger charge is -2.19. The van der Waals surface area contributed by atoms with Crippen LogP contribution in [0.1, 0.15) is 40.8 Å². The van der Waals surface area contributed by atoms with Crippen LogP contribution in [0, 0.1) is 5.92 Å². The molecule has 0 unspecified atom stereocenters. The Morgan fingerprint density at radius 1 is 1.32 bits per heavy atom. The van der Waals surface area contributed by atoms with E-state index in [1.54, 1.807) is 0 Å². The van der Waals surface area contributed by atoms with Crippen molar-refractivity contribution in [2.75, 3.05) is 7.11 Å². The first kappa shape index (κ1) is 19.9. The number of amides is 1. The average Bonchev–Trinajstić information content (AvgIpc) is 3.44. The van der Waals surface area contributed by atoms with Crippen molar-refractivity contribution < 1.29 is 27.4 Å². The maximum atomic E-state index is 12.6. The van der Waals surface area contributed by atoms with Gasteiger partial charge < -0.3 is 19.8 Å². The molecule has 1 aliphatic carbocycles. The van der Waals surface area contributed by atoms with Gasteiger partial charge in [0.05, 0.1) is 6.04 Å². The fraction of sp³-hybridized carbons (Fsp3) is 0.389. The Bertz CT molecular complexity index is 892. The molecule has 1 atom stereocenters. The summed E-state index contributed by atoms with van der Waals surface area (Å²) in [6.45, 7) is 0.0447. The molecule has 7 nitrogen and oxygen atoms in total. The van der Waals surface area contributed by atoms with Crippen molar-refractivity contribution in [1.82, 2.24) is 15.3 Å². The Balaban J connectivity index is 1.77. The van der Waals surface area contributed by atoms with E-state index < -0.39 is 23.9 Å². The van der Waals surface area contributed by atoms with E-state index in [4.69, 9.17) is 4.74 Å². The molecule has 0 bridgehead atoms. The van der Waals surface area contributed by atoms with Crippen LogP contribution in [0.2, 0.25) is 0 Å². The number of carbonyl (C=O) groups excluding carboxylic acids is 1. The number of alkyl halides is 3. The molecule has 28 heavy (non-hydrogen) atoms. The summed E-state index contributed by atoms with van der Waals surface area (Å²) >= 11 is 0. The summed E-state index contributed by atoms with van der Waals surface area (Å²) in [6, 6.07) is 6.04. The predicted octanol–water partition coefficient (Wildman–Crippen LogP) is 2.70. The van der Waals surface area contributed by atoms with E-state index in [2.05, 4.69) is 20.0 Å². The van der Waals surface area contributed by atoms with Crippen LogP contribution >= 0.6 is 0 Å². The molecular weight excluding hydrogens is 379 g/mol. The Morgan fingerprint density at radius 3 is 2.57 bits per heavy atom. The fourth-order valence-electron chi connectivity index (χ4n) is 2.82. The number of aromatic nitrogens is 2. The Morgan fingerprint density at radius 2 is 2.00 bits per heavy atom. The highest BCUT2D eigenvalue weighted by molar-refractivity contribution is 5.92. The first-order valence-corrected chi connectivity index (χ1v) is 8.51. The minimum Gasteiger partial charge on any atom is -0.406 e. The summed E-state index contributed by atoms with van der Waals surface area (Å²) in [5.41, 5.74) is 0.106. The first-order chi connectivity index (χ1) is 13.2. The number of hydrogen-bond donors (Lipinski definition) is 2. The molecule has 1 saturated carbocycles. The van der Waals surface area contributed by atoms with Crippen LogP contribution in [0.5, 0.6) is 5.75 Å². The van der Waals surface area contributed by atoms with Crippen molar-refractivity contribution >= 4 is 5.91 Å². The van der Waals surface area contributed by atoms with Crippen LogP contribution in [0.4, 0.5) is 13.2 Å². The van der Waals surface area contributed by atoms with Gasteiger partial charge in [-0.3, -0.25) is 9.59 Å². The lowest BCUT2D eigenvalue weighted by atomic mass is 10.0. The van der Waals surface area contributed by atoms with Gasteiger partial charge in [0.2, 0.25) is 0 Å². The van der Waals surface area contributed by atoms with E-state index in [-0.39, 0.29) is 29.8 Å². The standard InChI is InChI=1S/C18H18F3N3O4/c1-27-9-14-22-13(8-15(25)23-14)17(26)24-16(10-2-3-10)11-4-6-12(7-5-11)28-18(19,20)21/h4-8,10,16H,2-3,9H2,1H3,(H,24,26)(H,22,23,25)/t16-/m1/s1. The molecule has 10 heteroatoms. The minimum absolute atomic E-state index is 0.0447. The second kappa shape index (κ2) is 8.01. The third kappa shape index (κ3) is 5.32. The first-order valence-electron chi connectivity index (χ1n) is 8.51. The number of carbonyl (C=O) groups is 1. The maximum Gasteiger partial charge on any atom is 0.573 e. The quantitative estimate of drug-likeness (QED) is 0.749. The number of halogens is 3. The number of aromatic amines is 1. The number of methoxy groups -OCH3 is 1. The van der Waals surface area contributed by atoms with Crippen LogP contribution in [-0.2, 0) is 11.3 Å². The number of nitrogens with one attached hydrogen (secondary N) is 2. The lowest BCUT2D eigenvalue weighted by Crippen LogP contribution is -2.32. The summed E-state index contributed by atoms with van der Waals surface area (Å²) in [6.07, 6.45) is -3.01. The van der Waals surface area contributed by atoms with Crippen LogP contribution in [0.3, 0.4) is 0 Å². The van der Waals surface area contributed by atoms with Gasteiger partial charge in [-0.2, -0.15) is 0 Å². The number of benzene rings is 1. The van der Waals surface area contributed by atoms with Crippen molar-refractivity contribution in [3.8, 4) is 5.75 Å². The molecule has 0 radical (unpaired) electrons. The molecule has 1 aromatic heterocycles. The van der Waals surface area contributed by atoms with Gasteiger partial charge in [-0.05, 0) is 36.5 Å². The summed E-state index contributed by atoms with van der Waals surface area (Å²) in [7, 11) is 1.43. The third-order valence-corrected chi connectivity index (χ3v) is 4.16. The van der Waals surface area contributed by atoms with Gasteiger partial charge in [-0.1, -0.05) is 12.1 Å². The van der Waals surface area contributed by atoms with E-state index in [1.807, 2.05) is 0 Å². The molecule has 2 aromatic rings. The zero-order chi connectivity index (χ0) is 20.3. The second-order valence-corrected chi connectivity index (χ2v) is 6.42. The maximum absolute atomic E-state index is 12.6. The van der Waals surface area contributed by atoms with E-state index in [1.165, 1.54) is 31.4 Å². The van der Waals surface area contributed by atoms with Crippen molar-refractivity contribution in [2.24, 2.45) is 5.92 Å². The molecule has 0 saturated heterocycles. The molecule has 150 valence electrons. The van der Waals surface area contributed by atoms with Gasteiger partial charge in [-0.15, -0.1) is 13.2 Å². The van der Waals surface area contributed by atoms with E-state index in [9.17, 15) is 22.8 Å². The highest BCUT2D eigenvalue weighted by Crippen LogP contribution is 2.41. The fourth-order valence-corrected chi connectivity index (χ4v) is 2.82. The van der Waals surface area contributed by atoms with E-state index >= 15 is 0 Å². The normalized spacial score (nSPS) is 15.1. The molecule has 1 amide bonds. The number of rotatable bonds is 7. The summed E-state index contributed by atoms with van der Waals surface area (Å²) in [4.78, 5) is 30.8. The lowest BCUT2D eigenvalue weighted by molar-refractivity contribution is -0.274. The number of ether oxygens (including phenoxy) is 2. The SMILES string of the molecule is COCc1nc(C(=O)N[C@@H](c2ccc(OC(F)(F)F)cc2)C2CC2)cc(=O)[nH]1. The number of nitrogens with zero attached hydrogens (tertiary/aromatic N) is 1. The van der Waals surface area contributed by atoms with Crippen molar-refractivity contribution in [3.63, 3.8) is 0 Å². The van der Waals surface area contributed by atoms with E-state index in [0.29, 0.717) is 5.56 Å².